The summed E-state index contributed by atoms with van der Waals surface area (Å²) in [6.45, 7) is 3.08. The summed E-state index contributed by atoms with van der Waals surface area (Å²) in [5, 5.41) is 0. The van der Waals surface area contributed by atoms with Crippen LogP contribution in [0.5, 0.6) is 0 Å². The van der Waals surface area contributed by atoms with E-state index >= 15 is 0 Å². The third kappa shape index (κ3) is 2.18. The molecule has 1 unspecified atom stereocenters. The van der Waals surface area contributed by atoms with Crippen LogP contribution in [0.15, 0.2) is 12.3 Å². The minimum absolute atomic E-state index is 0.0490. The van der Waals surface area contributed by atoms with Gasteiger partial charge in [-0.2, -0.15) is 0 Å². The SMILES string of the molecule is Cc1nccc(CN2CC(=O)N3CCCC3C2=O)n1. The van der Waals surface area contributed by atoms with Gasteiger partial charge in [-0.05, 0) is 25.8 Å². The van der Waals surface area contributed by atoms with Gasteiger partial charge in [0, 0.05) is 12.7 Å². The Hall–Kier alpha value is -1.98. The van der Waals surface area contributed by atoms with Gasteiger partial charge in [0.1, 0.15) is 18.4 Å². The molecule has 2 saturated heterocycles. The van der Waals surface area contributed by atoms with Crippen molar-refractivity contribution in [1.29, 1.82) is 0 Å². The molecule has 2 amide bonds. The predicted molar refractivity (Wildman–Crippen MR) is 66.9 cm³/mol. The third-order valence-corrected chi connectivity index (χ3v) is 3.68. The van der Waals surface area contributed by atoms with Crippen molar-refractivity contribution in [3.63, 3.8) is 0 Å². The molecule has 1 aromatic rings. The third-order valence-electron chi connectivity index (χ3n) is 3.68. The van der Waals surface area contributed by atoms with Crippen molar-refractivity contribution in [2.45, 2.75) is 32.4 Å². The number of nitrogens with zero attached hydrogens (tertiary/aromatic N) is 4. The van der Waals surface area contributed by atoms with Crippen LogP contribution in [-0.2, 0) is 16.1 Å². The second-order valence-electron chi connectivity index (χ2n) is 5.03. The lowest BCUT2D eigenvalue weighted by Gasteiger charge is -2.36. The van der Waals surface area contributed by atoms with E-state index in [-0.39, 0.29) is 24.4 Å². The minimum atomic E-state index is -0.246. The molecule has 0 aliphatic carbocycles. The number of hydrogen-bond acceptors (Lipinski definition) is 4. The number of fused-ring (bicyclic) bond motifs is 1. The number of carbonyl (C=O) groups is 2. The Morgan fingerprint density at radius 1 is 1.42 bits per heavy atom. The summed E-state index contributed by atoms with van der Waals surface area (Å²) in [6.07, 6.45) is 3.38. The van der Waals surface area contributed by atoms with Gasteiger partial charge in [-0.3, -0.25) is 9.59 Å². The molecular weight excluding hydrogens is 244 g/mol. The van der Waals surface area contributed by atoms with E-state index in [9.17, 15) is 9.59 Å². The Labute approximate surface area is 111 Å². The van der Waals surface area contributed by atoms with Crippen molar-refractivity contribution in [2.24, 2.45) is 0 Å². The summed E-state index contributed by atoms with van der Waals surface area (Å²) in [5.41, 5.74) is 0.778. The van der Waals surface area contributed by atoms with Gasteiger partial charge < -0.3 is 9.80 Å². The fourth-order valence-corrected chi connectivity index (χ4v) is 2.79. The first-order valence-electron chi connectivity index (χ1n) is 6.52. The van der Waals surface area contributed by atoms with E-state index in [1.165, 1.54) is 0 Å². The smallest absolute Gasteiger partial charge is 0.246 e. The Morgan fingerprint density at radius 2 is 2.26 bits per heavy atom. The molecular formula is C13H16N4O2. The molecule has 0 N–H and O–H groups in total. The highest BCUT2D eigenvalue weighted by atomic mass is 16.2. The molecule has 0 saturated carbocycles. The molecule has 100 valence electrons. The molecule has 3 rings (SSSR count). The number of piperazine rings is 1. The molecule has 1 aromatic heterocycles. The van der Waals surface area contributed by atoms with E-state index < -0.39 is 0 Å². The van der Waals surface area contributed by atoms with Crippen molar-refractivity contribution in [3.8, 4) is 0 Å². The average molecular weight is 260 g/mol. The first-order chi connectivity index (χ1) is 9.15. The molecule has 6 nitrogen and oxygen atoms in total. The molecule has 2 fully saturated rings. The van der Waals surface area contributed by atoms with Crippen molar-refractivity contribution >= 4 is 11.8 Å². The highest BCUT2D eigenvalue weighted by Crippen LogP contribution is 2.24. The molecule has 19 heavy (non-hydrogen) atoms. The Morgan fingerprint density at radius 3 is 3.05 bits per heavy atom. The van der Waals surface area contributed by atoms with Crippen LogP contribution in [0.1, 0.15) is 24.4 Å². The van der Waals surface area contributed by atoms with E-state index in [4.69, 9.17) is 0 Å². The van der Waals surface area contributed by atoms with Crippen LogP contribution in [0.2, 0.25) is 0 Å². The molecule has 0 radical (unpaired) electrons. The Balaban J connectivity index is 1.78. The minimum Gasteiger partial charge on any atom is -0.329 e. The summed E-state index contributed by atoms with van der Waals surface area (Å²) in [5.74, 6) is 0.775. The topological polar surface area (TPSA) is 66.4 Å². The van der Waals surface area contributed by atoms with Gasteiger partial charge in [-0.15, -0.1) is 0 Å². The summed E-state index contributed by atoms with van der Waals surface area (Å²) in [4.78, 5) is 36.0. The van der Waals surface area contributed by atoms with Gasteiger partial charge in [0.2, 0.25) is 11.8 Å². The highest BCUT2D eigenvalue weighted by Gasteiger charge is 2.41. The fourth-order valence-electron chi connectivity index (χ4n) is 2.79. The largest absolute Gasteiger partial charge is 0.329 e. The molecule has 6 heteroatoms. The van der Waals surface area contributed by atoms with Crippen LogP contribution in [0.4, 0.5) is 0 Å². The van der Waals surface area contributed by atoms with Crippen LogP contribution in [0.25, 0.3) is 0 Å². The zero-order chi connectivity index (χ0) is 13.4. The van der Waals surface area contributed by atoms with E-state index in [2.05, 4.69) is 9.97 Å². The first kappa shape index (κ1) is 12.1. The Bertz CT molecular complexity index is 531. The maximum Gasteiger partial charge on any atom is 0.246 e. The quantitative estimate of drug-likeness (QED) is 0.757. The molecule has 2 aliphatic rings. The summed E-state index contributed by atoms with van der Waals surface area (Å²) < 4.78 is 0. The molecule has 0 bridgehead atoms. The number of carbonyl (C=O) groups excluding carboxylic acids is 2. The van der Waals surface area contributed by atoms with E-state index in [0.29, 0.717) is 12.4 Å². The molecule has 3 heterocycles. The van der Waals surface area contributed by atoms with Crippen LogP contribution in [-0.4, -0.2) is 50.7 Å². The monoisotopic (exact) mass is 260 g/mol. The second-order valence-corrected chi connectivity index (χ2v) is 5.03. The fraction of sp³-hybridized carbons (Fsp3) is 0.538. The van der Waals surface area contributed by atoms with Gasteiger partial charge in [0.25, 0.3) is 0 Å². The predicted octanol–water partition coefficient (Wildman–Crippen LogP) is 0.118. The average Bonchev–Trinajstić information content (AvgIpc) is 2.85. The van der Waals surface area contributed by atoms with Crippen LogP contribution in [0.3, 0.4) is 0 Å². The molecule has 2 aliphatic heterocycles. The summed E-state index contributed by atoms with van der Waals surface area (Å²) in [7, 11) is 0. The highest BCUT2D eigenvalue weighted by molar-refractivity contribution is 5.95. The number of aryl methyl sites for hydroxylation is 1. The van der Waals surface area contributed by atoms with Crippen molar-refractivity contribution in [1.82, 2.24) is 19.8 Å². The molecule has 0 aromatic carbocycles. The first-order valence-corrected chi connectivity index (χ1v) is 6.52. The molecule has 1 atom stereocenters. The zero-order valence-corrected chi connectivity index (χ0v) is 10.9. The van der Waals surface area contributed by atoms with Crippen molar-refractivity contribution in [2.75, 3.05) is 13.1 Å². The van der Waals surface area contributed by atoms with Gasteiger partial charge >= 0.3 is 0 Å². The van der Waals surface area contributed by atoms with Gasteiger partial charge in [-0.25, -0.2) is 9.97 Å². The maximum absolute atomic E-state index is 12.3. The molecule has 0 spiro atoms. The van der Waals surface area contributed by atoms with Gasteiger partial charge in [0.15, 0.2) is 0 Å². The summed E-state index contributed by atoms with van der Waals surface area (Å²) in [6, 6.07) is 1.54. The van der Waals surface area contributed by atoms with Gasteiger partial charge in [0.05, 0.1) is 12.2 Å². The van der Waals surface area contributed by atoms with E-state index in [1.807, 2.05) is 6.92 Å². The number of hydrogen-bond donors (Lipinski definition) is 0. The standard InChI is InChI=1S/C13H16N4O2/c1-9-14-5-4-10(15-9)7-16-8-12(18)17-6-2-3-11(17)13(16)19/h4-5,11H,2-3,6-8H2,1H3. The summed E-state index contributed by atoms with van der Waals surface area (Å²) >= 11 is 0. The number of amides is 2. The number of rotatable bonds is 2. The number of aromatic nitrogens is 2. The normalized spacial score (nSPS) is 22.9. The van der Waals surface area contributed by atoms with Crippen molar-refractivity contribution in [3.05, 3.63) is 23.8 Å². The lowest BCUT2D eigenvalue weighted by molar-refractivity contribution is -0.154. The second kappa shape index (κ2) is 4.60. The van der Waals surface area contributed by atoms with E-state index in [0.717, 1.165) is 25.1 Å². The van der Waals surface area contributed by atoms with Crippen molar-refractivity contribution < 1.29 is 9.59 Å². The van der Waals surface area contributed by atoms with Crippen LogP contribution >= 0.6 is 0 Å². The maximum atomic E-state index is 12.3. The Kier molecular flexibility index (Phi) is 2.93. The zero-order valence-electron chi connectivity index (χ0n) is 10.9. The lowest BCUT2D eigenvalue weighted by atomic mass is 10.1. The van der Waals surface area contributed by atoms with Crippen LogP contribution < -0.4 is 0 Å². The van der Waals surface area contributed by atoms with Crippen LogP contribution in [0, 0.1) is 6.92 Å². The lowest BCUT2D eigenvalue weighted by Crippen LogP contribution is -2.56. The van der Waals surface area contributed by atoms with Gasteiger partial charge in [-0.1, -0.05) is 0 Å². The van der Waals surface area contributed by atoms with E-state index in [1.54, 1.807) is 22.1 Å².